The minimum atomic E-state index is -0.261. The Morgan fingerprint density at radius 2 is 1.67 bits per heavy atom. The number of carbonyl (C=O) groups excluding carboxylic acids is 4. The van der Waals surface area contributed by atoms with Crippen LogP contribution in [0, 0.1) is 46.3 Å². The smallest absolute Gasteiger partial charge is 0.305 e. The number of methoxy groups -OCH3 is 1. The van der Waals surface area contributed by atoms with Gasteiger partial charge in [0.25, 0.3) is 19.4 Å². The van der Waals surface area contributed by atoms with Gasteiger partial charge in [-0.3, -0.25) is 19.2 Å². The number of hydrogen-bond donors (Lipinski definition) is 0. The van der Waals surface area contributed by atoms with Crippen LogP contribution in [0.5, 0.6) is 0 Å². The second-order valence-corrected chi connectivity index (χ2v) is 12.2. The zero-order valence-corrected chi connectivity index (χ0v) is 22.1. The maximum absolute atomic E-state index is 11.8. The first-order chi connectivity index (χ1) is 17.2. The van der Waals surface area contributed by atoms with Gasteiger partial charge in [-0.05, 0) is 86.4 Å². The second kappa shape index (κ2) is 10.7. The first-order valence-electron chi connectivity index (χ1n) is 13.6. The van der Waals surface area contributed by atoms with Crippen LogP contribution in [0.4, 0.5) is 0 Å². The van der Waals surface area contributed by atoms with Crippen LogP contribution in [-0.2, 0) is 38.1 Å². The number of hydrogen-bond acceptors (Lipinski definition) is 8. The molecule has 0 bridgehead atoms. The van der Waals surface area contributed by atoms with Gasteiger partial charge in [0, 0.05) is 17.8 Å². The Kier molecular flexibility index (Phi) is 8.01. The molecule has 0 spiro atoms. The van der Waals surface area contributed by atoms with Crippen LogP contribution in [0.1, 0.15) is 78.6 Å². The molecule has 0 amide bonds. The summed E-state index contributed by atoms with van der Waals surface area (Å²) in [6.45, 7) is 8.52. The van der Waals surface area contributed by atoms with E-state index < -0.39 is 0 Å². The number of esters is 1. The van der Waals surface area contributed by atoms with E-state index in [0.29, 0.717) is 25.8 Å². The Balaban J connectivity index is 1.66. The average Bonchev–Trinajstić information content (AvgIpc) is 3.22. The molecule has 1 unspecified atom stereocenters. The maximum Gasteiger partial charge on any atom is 0.305 e. The molecule has 202 valence electrons. The van der Waals surface area contributed by atoms with Gasteiger partial charge in [-0.15, -0.1) is 0 Å². The Labute approximate surface area is 214 Å². The van der Waals surface area contributed by atoms with E-state index in [9.17, 15) is 19.2 Å². The van der Waals surface area contributed by atoms with Crippen molar-refractivity contribution in [1.82, 2.24) is 0 Å². The Morgan fingerprint density at radius 1 is 0.944 bits per heavy atom. The molecule has 0 aliphatic heterocycles. The molecule has 4 aliphatic rings. The van der Waals surface area contributed by atoms with Gasteiger partial charge in [-0.1, -0.05) is 20.8 Å². The normalized spacial score (nSPS) is 44.1. The lowest BCUT2D eigenvalue weighted by Crippen LogP contribution is -2.63. The molecular formula is C28H42O8. The van der Waals surface area contributed by atoms with Crippen molar-refractivity contribution in [2.24, 2.45) is 46.3 Å². The molecule has 0 saturated heterocycles. The largest absolute Gasteiger partial charge is 0.469 e. The van der Waals surface area contributed by atoms with Crippen molar-refractivity contribution < 1.29 is 38.1 Å². The zero-order valence-electron chi connectivity index (χ0n) is 22.1. The molecule has 0 aromatic carbocycles. The highest BCUT2D eigenvalue weighted by Gasteiger charge is 2.67. The lowest BCUT2D eigenvalue weighted by molar-refractivity contribution is -0.218. The molecule has 4 fully saturated rings. The summed E-state index contributed by atoms with van der Waals surface area (Å²) < 4.78 is 21.9. The third-order valence-corrected chi connectivity index (χ3v) is 11.2. The molecule has 8 nitrogen and oxygen atoms in total. The van der Waals surface area contributed by atoms with Crippen LogP contribution in [-0.4, -0.2) is 50.8 Å². The van der Waals surface area contributed by atoms with Gasteiger partial charge < -0.3 is 18.9 Å². The van der Waals surface area contributed by atoms with Gasteiger partial charge in [0.15, 0.2) is 0 Å². The topological polar surface area (TPSA) is 105 Å². The molecule has 4 rings (SSSR count). The van der Waals surface area contributed by atoms with E-state index in [2.05, 4.69) is 20.8 Å². The van der Waals surface area contributed by atoms with E-state index in [1.165, 1.54) is 7.11 Å². The number of ether oxygens (including phenoxy) is 4. The predicted molar refractivity (Wildman–Crippen MR) is 129 cm³/mol. The van der Waals surface area contributed by atoms with E-state index in [1.807, 2.05) is 0 Å². The monoisotopic (exact) mass is 506 g/mol. The summed E-state index contributed by atoms with van der Waals surface area (Å²) in [5.74, 6) is 1.29. The van der Waals surface area contributed by atoms with Crippen molar-refractivity contribution in [3.63, 3.8) is 0 Å². The molecule has 8 heteroatoms. The third kappa shape index (κ3) is 4.43. The molecule has 11 atom stereocenters. The Morgan fingerprint density at radius 3 is 2.33 bits per heavy atom. The lowest BCUT2D eigenvalue weighted by Gasteiger charge is -2.64. The van der Waals surface area contributed by atoms with Crippen molar-refractivity contribution in [3.05, 3.63) is 0 Å². The van der Waals surface area contributed by atoms with Crippen molar-refractivity contribution in [2.75, 3.05) is 7.11 Å². The first-order valence-corrected chi connectivity index (χ1v) is 13.6. The average molecular weight is 507 g/mol. The summed E-state index contributed by atoms with van der Waals surface area (Å²) in [7, 11) is 1.41. The summed E-state index contributed by atoms with van der Waals surface area (Å²) in [4.78, 5) is 46.2. The number of fused-ring (bicyclic) bond motifs is 5. The summed E-state index contributed by atoms with van der Waals surface area (Å²) in [5, 5.41) is 0. The van der Waals surface area contributed by atoms with Gasteiger partial charge in [0.2, 0.25) is 0 Å². The first kappa shape index (κ1) is 26.9. The minimum Gasteiger partial charge on any atom is -0.469 e. The van der Waals surface area contributed by atoms with E-state index in [-0.39, 0.29) is 70.6 Å². The fraction of sp³-hybridized carbons (Fsp3) is 0.857. The van der Waals surface area contributed by atoms with Crippen LogP contribution < -0.4 is 0 Å². The van der Waals surface area contributed by atoms with Gasteiger partial charge in [0.1, 0.15) is 18.3 Å². The quantitative estimate of drug-likeness (QED) is 0.248. The molecule has 4 saturated carbocycles. The molecule has 4 aliphatic carbocycles. The minimum absolute atomic E-state index is 0.00341. The van der Waals surface area contributed by atoms with Crippen LogP contribution in [0.2, 0.25) is 0 Å². The summed E-state index contributed by atoms with van der Waals surface area (Å²) in [6, 6.07) is 0. The standard InChI is InChI=1S/C28H42O8/c1-17(5-8-25(32)33-4)20-6-7-21-26-22(13-24(36-16-31)28(20,21)3)27(2)10-9-19(34-14-29)11-18(27)12-23(26)35-15-30/h14-24,26H,5-13H2,1-4H3/t17?,18-,19+,20+,21-,22-,23+,24-,26-,27-,28+/m0/s1. The molecule has 0 N–H and O–H groups in total. The van der Waals surface area contributed by atoms with Gasteiger partial charge in [-0.25, -0.2) is 0 Å². The summed E-state index contributed by atoms with van der Waals surface area (Å²) in [6.07, 6.45) is 6.58. The molecule has 0 radical (unpaired) electrons. The second-order valence-electron chi connectivity index (χ2n) is 12.2. The molecule has 0 aromatic heterocycles. The van der Waals surface area contributed by atoms with Crippen LogP contribution in [0.25, 0.3) is 0 Å². The van der Waals surface area contributed by atoms with Gasteiger partial charge in [-0.2, -0.15) is 0 Å². The summed E-state index contributed by atoms with van der Waals surface area (Å²) >= 11 is 0. The molecule has 0 heterocycles. The van der Waals surface area contributed by atoms with E-state index in [0.717, 1.165) is 51.4 Å². The Hall–Kier alpha value is -2.12. The fourth-order valence-electron chi connectivity index (χ4n) is 9.40. The molecule has 0 aromatic rings. The van der Waals surface area contributed by atoms with Crippen LogP contribution in [0.3, 0.4) is 0 Å². The van der Waals surface area contributed by atoms with Gasteiger partial charge in [0.05, 0.1) is 7.11 Å². The van der Waals surface area contributed by atoms with Crippen LogP contribution in [0.15, 0.2) is 0 Å². The highest BCUT2D eigenvalue weighted by Crippen LogP contribution is 2.69. The highest BCUT2D eigenvalue weighted by atomic mass is 16.5. The molecular weight excluding hydrogens is 464 g/mol. The third-order valence-electron chi connectivity index (χ3n) is 11.2. The number of carbonyl (C=O) groups is 4. The Bertz CT molecular complexity index is 830. The fourth-order valence-corrected chi connectivity index (χ4v) is 9.40. The van der Waals surface area contributed by atoms with Crippen LogP contribution >= 0.6 is 0 Å². The SMILES string of the molecule is COC(=O)CCC(C)[C@H]1CC[C@H]2[C@@H]3[C@H](OC=O)C[C@@H]4C[C@H](OC=O)CC[C@]4(C)[C@H]3C[C@H](OC=O)[C@]12C. The summed E-state index contributed by atoms with van der Waals surface area (Å²) in [5.41, 5.74) is -0.264. The van der Waals surface area contributed by atoms with E-state index in [4.69, 9.17) is 18.9 Å². The maximum atomic E-state index is 11.8. The van der Waals surface area contributed by atoms with E-state index in [1.54, 1.807) is 0 Å². The predicted octanol–water partition coefficient (Wildman–Crippen LogP) is 4.08. The molecule has 36 heavy (non-hydrogen) atoms. The number of rotatable bonds is 10. The van der Waals surface area contributed by atoms with Crippen molar-refractivity contribution >= 4 is 25.4 Å². The van der Waals surface area contributed by atoms with E-state index >= 15 is 0 Å². The van der Waals surface area contributed by atoms with Gasteiger partial charge >= 0.3 is 5.97 Å². The lowest BCUT2D eigenvalue weighted by atomic mass is 9.43. The zero-order chi connectivity index (χ0) is 26.1. The van der Waals surface area contributed by atoms with Crippen molar-refractivity contribution in [1.29, 1.82) is 0 Å². The highest BCUT2D eigenvalue weighted by molar-refractivity contribution is 5.69. The van der Waals surface area contributed by atoms with Crippen molar-refractivity contribution in [3.8, 4) is 0 Å². The van der Waals surface area contributed by atoms with Crippen molar-refractivity contribution in [2.45, 2.75) is 96.9 Å².